The summed E-state index contributed by atoms with van der Waals surface area (Å²) in [6.45, 7) is 12.1. The van der Waals surface area contributed by atoms with Gasteiger partial charge in [0.25, 0.3) is 0 Å². The molecule has 23 heavy (non-hydrogen) atoms. The molecular formula is C20H40O3. The normalized spacial score (nSPS) is 15.4. The Morgan fingerprint density at radius 1 is 0.826 bits per heavy atom. The number of carbonyl (C=O) groups excluding carboxylic acids is 1. The quantitative estimate of drug-likeness (QED) is 0.397. The highest BCUT2D eigenvalue weighted by Gasteiger charge is 2.14. The molecule has 0 aliphatic carbocycles. The average molecular weight is 329 g/mol. The van der Waals surface area contributed by atoms with Crippen molar-refractivity contribution in [2.75, 3.05) is 20.3 Å². The largest absolute Gasteiger partial charge is 0.465 e. The molecule has 0 saturated carbocycles. The van der Waals surface area contributed by atoms with E-state index in [1.54, 1.807) is 7.11 Å². The molecule has 3 atom stereocenters. The van der Waals surface area contributed by atoms with Gasteiger partial charge in [-0.3, -0.25) is 4.79 Å². The lowest BCUT2D eigenvalue weighted by Gasteiger charge is -2.16. The molecule has 0 rings (SSSR count). The zero-order valence-electron chi connectivity index (χ0n) is 16.4. The summed E-state index contributed by atoms with van der Waals surface area (Å²) in [5, 5.41) is 0. The number of ether oxygens (including phenoxy) is 2. The van der Waals surface area contributed by atoms with Crippen molar-refractivity contribution in [2.24, 2.45) is 23.7 Å². The molecule has 0 aromatic rings. The Labute approximate surface area is 144 Å². The van der Waals surface area contributed by atoms with Gasteiger partial charge in [-0.25, -0.2) is 0 Å². The Bertz CT molecular complexity index is 289. The van der Waals surface area contributed by atoms with Gasteiger partial charge in [0.2, 0.25) is 0 Å². The number of carbonyl (C=O) groups is 1. The lowest BCUT2D eigenvalue weighted by Crippen LogP contribution is -2.20. The lowest BCUT2D eigenvalue weighted by atomic mass is 9.93. The molecule has 3 nitrogen and oxygen atoms in total. The number of rotatable bonds is 14. The van der Waals surface area contributed by atoms with Crippen LogP contribution in [0.5, 0.6) is 0 Å². The van der Waals surface area contributed by atoms with Crippen LogP contribution in [0.4, 0.5) is 0 Å². The second kappa shape index (κ2) is 13.8. The second-order valence-corrected chi connectivity index (χ2v) is 7.78. The van der Waals surface area contributed by atoms with Crippen LogP contribution in [0.15, 0.2) is 0 Å². The summed E-state index contributed by atoms with van der Waals surface area (Å²) in [7, 11) is 1.61. The summed E-state index contributed by atoms with van der Waals surface area (Å²) in [6.07, 6.45) is 8.90. The van der Waals surface area contributed by atoms with Crippen LogP contribution in [0, 0.1) is 23.7 Å². The van der Waals surface area contributed by atoms with Crippen molar-refractivity contribution in [1.29, 1.82) is 0 Å². The zero-order chi connectivity index (χ0) is 17.7. The first-order valence-electron chi connectivity index (χ1n) is 9.52. The van der Waals surface area contributed by atoms with E-state index < -0.39 is 0 Å². The first-order chi connectivity index (χ1) is 10.9. The summed E-state index contributed by atoms with van der Waals surface area (Å²) in [4.78, 5) is 11.7. The minimum Gasteiger partial charge on any atom is -0.465 e. The molecule has 0 aromatic heterocycles. The summed E-state index contributed by atoms with van der Waals surface area (Å²) < 4.78 is 10.3. The molecule has 3 heteroatoms. The van der Waals surface area contributed by atoms with Gasteiger partial charge in [0.1, 0.15) is 0 Å². The van der Waals surface area contributed by atoms with E-state index in [1.807, 2.05) is 6.92 Å². The van der Waals surface area contributed by atoms with Gasteiger partial charge in [0.05, 0.1) is 19.1 Å². The van der Waals surface area contributed by atoms with Crippen molar-refractivity contribution in [3.05, 3.63) is 0 Å². The molecule has 0 N–H and O–H groups in total. The van der Waals surface area contributed by atoms with Crippen LogP contribution in [0.25, 0.3) is 0 Å². The van der Waals surface area contributed by atoms with Gasteiger partial charge in [-0.1, -0.05) is 66.2 Å². The molecule has 0 aliphatic heterocycles. The van der Waals surface area contributed by atoms with Crippen LogP contribution < -0.4 is 0 Å². The maximum atomic E-state index is 11.7. The van der Waals surface area contributed by atoms with Gasteiger partial charge in [0.15, 0.2) is 0 Å². The highest BCUT2D eigenvalue weighted by molar-refractivity contribution is 5.72. The van der Waals surface area contributed by atoms with Crippen molar-refractivity contribution in [1.82, 2.24) is 0 Å². The first kappa shape index (κ1) is 22.4. The molecule has 0 heterocycles. The lowest BCUT2D eigenvalue weighted by molar-refractivity contribution is -0.149. The minimum absolute atomic E-state index is 0.141. The fourth-order valence-corrected chi connectivity index (χ4v) is 2.80. The van der Waals surface area contributed by atoms with E-state index in [2.05, 4.69) is 27.7 Å². The Balaban J connectivity index is 3.60. The molecule has 0 fully saturated rings. The van der Waals surface area contributed by atoms with Gasteiger partial charge in [0, 0.05) is 7.11 Å². The van der Waals surface area contributed by atoms with Gasteiger partial charge >= 0.3 is 5.97 Å². The molecule has 0 bridgehead atoms. The van der Waals surface area contributed by atoms with Crippen molar-refractivity contribution in [3.8, 4) is 0 Å². The highest BCUT2D eigenvalue weighted by Crippen LogP contribution is 2.20. The van der Waals surface area contributed by atoms with Crippen molar-refractivity contribution < 1.29 is 14.3 Å². The van der Waals surface area contributed by atoms with E-state index in [4.69, 9.17) is 9.47 Å². The maximum Gasteiger partial charge on any atom is 0.310 e. The third kappa shape index (κ3) is 13.6. The van der Waals surface area contributed by atoms with Gasteiger partial charge in [-0.2, -0.15) is 0 Å². The maximum absolute atomic E-state index is 11.7. The van der Waals surface area contributed by atoms with Crippen molar-refractivity contribution in [2.45, 2.75) is 79.6 Å². The topological polar surface area (TPSA) is 35.5 Å². The zero-order valence-corrected chi connectivity index (χ0v) is 16.4. The van der Waals surface area contributed by atoms with Crippen LogP contribution in [-0.4, -0.2) is 26.3 Å². The standard InChI is InChI=1S/C20H40O3/c1-16(2)9-7-10-17(3)11-8-12-18(4)13-14-23-20(21)19(5)15-22-6/h16-19H,7-15H2,1-6H3. The number of methoxy groups -OCH3 is 1. The van der Waals surface area contributed by atoms with Crippen molar-refractivity contribution >= 4 is 5.97 Å². The molecule has 0 aliphatic rings. The fraction of sp³-hybridized carbons (Fsp3) is 0.950. The second-order valence-electron chi connectivity index (χ2n) is 7.78. The monoisotopic (exact) mass is 328 g/mol. The average Bonchev–Trinajstić information content (AvgIpc) is 2.46. The van der Waals surface area contributed by atoms with Crippen LogP contribution in [0.1, 0.15) is 79.6 Å². The fourth-order valence-electron chi connectivity index (χ4n) is 2.80. The van der Waals surface area contributed by atoms with E-state index in [0.29, 0.717) is 19.1 Å². The Morgan fingerprint density at radius 2 is 1.35 bits per heavy atom. The van der Waals surface area contributed by atoms with E-state index in [0.717, 1.165) is 18.3 Å². The third-order valence-corrected chi connectivity index (χ3v) is 4.55. The number of hydrogen-bond acceptors (Lipinski definition) is 3. The summed E-state index contributed by atoms with van der Waals surface area (Å²) in [5.74, 6) is 1.99. The SMILES string of the molecule is COCC(C)C(=O)OCCC(C)CCCC(C)CCCC(C)C. The molecule has 138 valence electrons. The molecule has 0 amide bonds. The predicted molar refractivity (Wildman–Crippen MR) is 97.5 cm³/mol. The molecule has 0 saturated heterocycles. The van der Waals surface area contributed by atoms with E-state index in [9.17, 15) is 4.79 Å². The molecule has 0 aromatic carbocycles. The molecular weight excluding hydrogens is 288 g/mol. The first-order valence-corrected chi connectivity index (χ1v) is 9.52. The Hall–Kier alpha value is -0.570. The highest BCUT2D eigenvalue weighted by atomic mass is 16.5. The third-order valence-electron chi connectivity index (χ3n) is 4.55. The van der Waals surface area contributed by atoms with Crippen molar-refractivity contribution in [3.63, 3.8) is 0 Å². The summed E-state index contributed by atoms with van der Waals surface area (Å²) in [5.41, 5.74) is 0. The molecule has 3 unspecified atom stereocenters. The molecule has 0 radical (unpaired) electrons. The van der Waals surface area contributed by atoms with Gasteiger partial charge < -0.3 is 9.47 Å². The summed E-state index contributed by atoms with van der Waals surface area (Å²) in [6, 6.07) is 0. The van der Waals surface area contributed by atoms with Crippen LogP contribution in [0.3, 0.4) is 0 Å². The smallest absolute Gasteiger partial charge is 0.310 e. The predicted octanol–water partition coefficient (Wildman–Crippen LogP) is 5.47. The minimum atomic E-state index is -0.165. The molecule has 0 spiro atoms. The Morgan fingerprint density at radius 3 is 1.87 bits per heavy atom. The van der Waals surface area contributed by atoms with Crippen LogP contribution in [-0.2, 0) is 14.3 Å². The number of esters is 1. The van der Waals surface area contributed by atoms with E-state index >= 15 is 0 Å². The van der Waals surface area contributed by atoms with E-state index in [1.165, 1.54) is 38.5 Å². The van der Waals surface area contributed by atoms with Gasteiger partial charge in [-0.05, 0) is 31.1 Å². The van der Waals surface area contributed by atoms with Crippen LogP contribution >= 0.6 is 0 Å². The van der Waals surface area contributed by atoms with Gasteiger partial charge in [-0.15, -0.1) is 0 Å². The number of hydrogen-bond donors (Lipinski definition) is 0. The Kier molecular flexibility index (Phi) is 13.5. The van der Waals surface area contributed by atoms with E-state index in [-0.39, 0.29) is 11.9 Å². The van der Waals surface area contributed by atoms with Crippen LogP contribution in [0.2, 0.25) is 0 Å². The summed E-state index contributed by atoms with van der Waals surface area (Å²) >= 11 is 0.